The van der Waals surface area contributed by atoms with Crippen LogP contribution in [0.5, 0.6) is 0 Å². The van der Waals surface area contributed by atoms with Crippen LogP contribution in [0, 0.1) is 10.1 Å². The highest BCUT2D eigenvalue weighted by Crippen LogP contribution is 2.69. The van der Waals surface area contributed by atoms with Crippen molar-refractivity contribution in [1.82, 2.24) is 0 Å². The molecule has 1 aromatic rings. The molecule has 0 aliphatic heterocycles. The molecule has 0 heterocycles. The van der Waals surface area contributed by atoms with Gasteiger partial charge in [0.15, 0.2) is 0 Å². The van der Waals surface area contributed by atoms with E-state index in [9.17, 15) is 41.0 Å². The van der Waals surface area contributed by atoms with Gasteiger partial charge in [0.05, 0.1) is 22.7 Å². The Morgan fingerprint density at radius 1 is 0.875 bits per heavy atom. The molecule has 6 nitrogen and oxygen atoms in total. The number of rotatable bonds is 8. The molecule has 32 heavy (non-hydrogen) atoms. The zero-order valence-corrected chi connectivity index (χ0v) is 17.8. The first-order chi connectivity index (χ1) is 14.2. The maximum Gasteiger partial charge on any atom is 0.419 e. The van der Waals surface area contributed by atoms with E-state index in [0.29, 0.717) is 12.1 Å². The average Bonchev–Trinajstić information content (AvgIpc) is 2.55. The van der Waals surface area contributed by atoms with E-state index in [1.807, 2.05) is 0 Å². The number of nitro benzene ring substituents is 1. The van der Waals surface area contributed by atoms with Crippen LogP contribution in [0.4, 0.5) is 40.8 Å². The average molecular weight is 499 g/mol. The molecule has 0 aliphatic rings. The summed E-state index contributed by atoms with van der Waals surface area (Å²) in [5.41, 5.74) is -14.4. The molecule has 182 valence electrons. The van der Waals surface area contributed by atoms with Gasteiger partial charge in [0.25, 0.3) is 5.69 Å². The highest BCUT2D eigenvalue weighted by atomic mass is 31.2. The lowest BCUT2D eigenvalue weighted by Gasteiger charge is -2.33. The second-order valence-electron chi connectivity index (χ2n) is 6.90. The van der Waals surface area contributed by atoms with Crippen LogP contribution in [-0.4, -0.2) is 35.1 Å². The van der Waals surface area contributed by atoms with E-state index in [4.69, 9.17) is 0 Å². The van der Waals surface area contributed by atoms with E-state index in [0.717, 1.165) is 27.7 Å². The van der Waals surface area contributed by atoms with Crippen LogP contribution in [-0.2, 0) is 13.6 Å². The first-order valence-corrected chi connectivity index (χ1v) is 10.3. The number of halogens is 8. The summed E-state index contributed by atoms with van der Waals surface area (Å²) in [6.45, 7) is 4.07. The van der Waals surface area contributed by atoms with Gasteiger partial charge in [-0.2, -0.15) is 35.1 Å². The summed E-state index contributed by atoms with van der Waals surface area (Å²) in [6, 6.07) is 1.25. The van der Waals surface area contributed by atoms with Gasteiger partial charge in [-0.1, -0.05) is 0 Å². The van der Waals surface area contributed by atoms with Crippen molar-refractivity contribution in [2.45, 2.75) is 57.9 Å². The van der Waals surface area contributed by atoms with Gasteiger partial charge in [0.1, 0.15) is 5.57 Å². The predicted molar refractivity (Wildman–Crippen MR) is 97.1 cm³/mol. The first-order valence-electron chi connectivity index (χ1n) is 8.72. The lowest BCUT2D eigenvalue weighted by Crippen LogP contribution is -2.36. The molecule has 0 spiro atoms. The fourth-order valence-electron chi connectivity index (χ4n) is 2.51. The van der Waals surface area contributed by atoms with Crippen molar-refractivity contribution < 1.29 is 53.7 Å². The number of hydrogen-bond acceptors (Lipinski definition) is 5. The minimum absolute atomic E-state index is 0.223. The van der Waals surface area contributed by atoms with Crippen LogP contribution in [0.2, 0.25) is 0 Å². The third-order valence-electron chi connectivity index (χ3n) is 3.53. The highest BCUT2D eigenvalue weighted by molar-refractivity contribution is 7.55. The molecule has 0 saturated heterocycles. The Morgan fingerprint density at radius 2 is 1.28 bits per heavy atom. The molecule has 1 rings (SSSR count). The Morgan fingerprint density at radius 3 is 1.56 bits per heavy atom. The fourth-order valence-corrected chi connectivity index (χ4v) is 4.45. The first kappa shape index (κ1) is 28.0. The summed E-state index contributed by atoms with van der Waals surface area (Å²) in [4.78, 5) is 9.62. The number of hydrogen-bond donors (Lipinski definition) is 0. The minimum Gasteiger partial charge on any atom is -0.301 e. The van der Waals surface area contributed by atoms with Crippen molar-refractivity contribution in [3.05, 3.63) is 45.5 Å². The minimum atomic E-state index is -6.35. The number of allylic oxidation sites excluding steroid dienone is 2. The van der Waals surface area contributed by atoms with Crippen molar-refractivity contribution in [3.63, 3.8) is 0 Å². The Kier molecular flexibility index (Phi) is 8.25. The van der Waals surface area contributed by atoms with E-state index in [1.54, 1.807) is 0 Å². The van der Waals surface area contributed by atoms with E-state index in [1.165, 1.54) is 0 Å². The fraction of sp³-hybridized carbons (Fsp3) is 0.529. The van der Waals surface area contributed by atoms with Crippen molar-refractivity contribution in [1.29, 1.82) is 0 Å². The lowest BCUT2D eigenvalue weighted by molar-refractivity contribution is -0.384. The number of nitro groups is 1. The van der Waals surface area contributed by atoms with Crippen LogP contribution in [0.15, 0.2) is 29.8 Å². The summed E-state index contributed by atoms with van der Waals surface area (Å²) in [5, 5.41) is 10.7. The molecule has 0 radical (unpaired) electrons. The van der Waals surface area contributed by atoms with Gasteiger partial charge in [-0.25, -0.2) is 0 Å². The molecule has 0 aliphatic carbocycles. The summed E-state index contributed by atoms with van der Waals surface area (Å²) >= 11 is 0. The predicted octanol–water partition coefficient (Wildman–Crippen LogP) is 7.11. The summed E-state index contributed by atoms with van der Waals surface area (Å²) in [5.74, 6) is 0. The van der Waals surface area contributed by atoms with Crippen LogP contribution < -0.4 is 0 Å². The normalized spacial score (nSPS) is 14.7. The second-order valence-corrected chi connectivity index (χ2v) is 8.87. The Balaban J connectivity index is 4.06. The molecule has 0 bridgehead atoms. The quantitative estimate of drug-likeness (QED) is 0.165. The van der Waals surface area contributed by atoms with Gasteiger partial charge >= 0.3 is 25.6 Å². The topological polar surface area (TPSA) is 78.7 Å². The van der Waals surface area contributed by atoms with E-state index >= 15 is 8.78 Å². The van der Waals surface area contributed by atoms with Gasteiger partial charge in [0, 0.05) is 12.1 Å². The monoisotopic (exact) mass is 499 g/mol. The maximum atomic E-state index is 15.1. The van der Waals surface area contributed by atoms with Gasteiger partial charge in [-0.3, -0.25) is 14.7 Å². The maximum absolute atomic E-state index is 15.1. The molecule has 15 heteroatoms. The number of alkyl halides is 8. The Hall–Kier alpha value is -2.05. The van der Waals surface area contributed by atoms with Crippen molar-refractivity contribution >= 4 is 18.9 Å². The molecule has 0 aromatic heterocycles. The highest BCUT2D eigenvalue weighted by Gasteiger charge is 2.67. The SMILES string of the molecule is CC(C)OP(=O)(OC(C)C)C(F)(F)/C(=C(\c1ccc([N+](=O)[O-])cc1)C(F)(F)F)C(F)(F)F. The molecular formula is C17H18F8NO5P. The smallest absolute Gasteiger partial charge is 0.301 e. The van der Waals surface area contributed by atoms with Crippen molar-refractivity contribution in [3.8, 4) is 0 Å². The summed E-state index contributed by atoms with van der Waals surface area (Å²) < 4.78 is 134. The van der Waals surface area contributed by atoms with Gasteiger partial charge in [-0.05, 0) is 45.4 Å². The Labute approximate surface area is 176 Å². The van der Waals surface area contributed by atoms with Crippen LogP contribution >= 0.6 is 7.60 Å². The summed E-state index contributed by atoms with van der Waals surface area (Å²) in [7, 11) is -6.18. The molecule has 0 N–H and O–H groups in total. The third kappa shape index (κ3) is 6.26. The summed E-state index contributed by atoms with van der Waals surface area (Å²) in [6.07, 6.45) is -15.2. The van der Waals surface area contributed by atoms with E-state index in [2.05, 4.69) is 9.05 Å². The van der Waals surface area contributed by atoms with Crippen LogP contribution in [0.3, 0.4) is 0 Å². The van der Waals surface area contributed by atoms with Crippen molar-refractivity contribution in [2.24, 2.45) is 0 Å². The van der Waals surface area contributed by atoms with E-state index < -0.39 is 65.1 Å². The number of nitrogens with zero attached hydrogens (tertiary/aromatic N) is 1. The molecule has 0 fully saturated rings. The molecule has 0 unspecified atom stereocenters. The number of non-ortho nitro benzene ring substituents is 1. The third-order valence-corrected chi connectivity index (χ3v) is 5.84. The van der Waals surface area contributed by atoms with E-state index in [-0.39, 0.29) is 12.1 Å². The van der Waals surface area contributed by atoms with Crippen LogP contribution in [0.25, 0.3) is 5.57 Å². The van der Waals surface area contributed by atoms with Gasteiger partial charge in [-0.15, -0.1) is 0 Å². The van der Waals surface area contributed by atoms with Gasteiger partial charge in [0.2, 0.25) is 0 Å². The lowest BCUT2D eigenvalue weighted by atomic mass is 9.98. The second kappa shape index (κ2) is 9.44. The largest absolute Gasteiger partial charge is 0.419 e. The van der Waals surface area contributed by atoms with Gasteiger partial charge < -0.3 is 9.05 Å². The molecule has 0 amide bonds. The Bertz CT molecular complexity index is 893. The zero-order chi connectivity index (χ0) is 25.3. The molecule has 1 aromatic carbocycles. The molecular weight excluding hydrogens is 481 g/mol. The number of benzene rings is 1. The standard InChI is InChI=1S/C17H18F8NO5P/c1-9(2)30-32(29,31-10(3)4)17(24,25)14(16(21,22)23)13(15(18,19)20)11-5-7-12(8-6-11)26(27)28/h5-10H,1-4H3/b14-13+. The van der Waals surface area contributed by atoms with Crippen molar-refractivity contribution in [2.75, 3.05) is 0 Å². The molecule has 0 atom stereocenters. The zero-order valence-electron chi connectivity index (χ0n) is 16.9. The molecule has 0 saturated carbocycles. The van der Waals surface area contributed by atoms with Crippen LogP contribution in [0.1, 0.15) is 33.3 Å².